The van der Waals surface area contributed by atoms with Crippen LogP contribution in [0.3, 0.4) is 0 Å². The zero-order valence-corrected chi connectivity index (χ0v) is 27.5. The van der Waals surface area contributed by atoms with Gasteiger partial charge < -0.3 is 0 Å². The quantitative estimate of drug-likeness (QED) is 0.166. The normalized spacial score (nSPS) is 11.4. The first-order chi connectivity index (χ1) is 21.2. The Morgan fingerprint density at radius 1 is 0.391 bits per heavy atom. The van der Waals surface area contributed by atoms with Gasteiger partial charge in [-0.3, -0.25) is 15.0 Å². The van der Waals surface area contributed by atoms with E-state index in [1.165, 1.54) is 52.2 Å². The van der Waals surface area contributed by atoms with Crippen molar-refractivity contribution >= 4 is 34.0 Å². The van der Waals surface area contributed by atoms with E-state index in [0.29, 0.717) is 17.1 Å². The van der Waals surface area contributed by atoms with E-state index in [9.17, 15) is 39.5 Å². The average molecular weight is 880 g/mol. The maximum absolute atomic E-state index is 12.2. The van der Waals surface area contributed by atoms with E-state index >= 15 is 0 Å². The molecule has 0 N–H and O–H groups in total. The van der Waals surface area contributed by atoms with Crippen molar-refractivity contribution in [3.8, 4) is 31.7 Å². The van der Waals surface area contributed by atoms with Gasteiger partial charge in [0, 0.05) is 38.7 Å². The maximum atomic E-state index is 12.2. The van der Waals surface area contributed by atoms with Gasteiger partial charge in [0.05, 0.1) is 48.4 Å². The molecule has 0 aromatic carbocycles. The summed E-state index contributed by atoms with van der Waals surface area (Å²) >= 11 is 4.34. The van der Waals surface area contributed by atoms with Gasteiger partial charge in [0.2, 0.25) is 0 Å². The molecule has 0 bridgehead atoms. The molecule has 0 fully saturated rings. The minimum Gasteiger partial charge on any atom is -0.255 e. The molecule has 6 heterocycles. The van der Waals surface area contributed by atoms with E-state index in [1.54, 1.807) is 0 Å². The average Bonchev–Trinajstić information content (AvgIpc) is 3.81. The predicted octanol–water partition coefficient (Wildman–Crippen LogP) is 11.5. The fourth-order valence-electron chi connectivity index (χ4n) is 3.39. The summed E-state index contributed by atoms with van der Waals surface area (Å²) in [6.07, 6.45) is -10.4. The van der Waals surface area contributed by atoms with Gasteiger partial charge in [-0.05, 0) is 70.7 Å². The Hall–Kier alpha value is -3.43. The number of hydrogen-bond donors (Lipinski definition) is 0. The molecular formula is C30H18F9IrN3S3. The number of rotatable bonds is 3. The van der Waals surface area contributed by atoms with Gasteiger partial charge in [-0.15, -0.1) is 34.0 Å². The fourth-order valence-corrected chi connectivity index (χ4v) is 5.50. The van der Waals surface area contributed by atoms with Gasteiger partial charge in [0.25, 0.3) is 0 Å². The molecule has 0 aliphatic carbocycles. The van der Waals surface area contributed by atoms with Crippen molar-refractivity contribution in [3.05, 3.63) is 124 Å². The Morgan fingerprint density at radius 3 is 0.804 bits per heavy atom. The van der Waals surface area contributed by atoms with Crippen molar-refractivity contribution in [1.82, 2.24) is 15.0 Å². The first-order valence-corrected chi connectivity index (χ1v) is 15.1. The maximum Gasteiger partial charge on any atom is 0.417 e. The van der Waals surface area contributed by atoms with Crippen LogP contribution in [0.1, 0.15) is 16.7 Å². The molecule has 243 valence electrons. The van der Waals surface area contributed by atoms with Crippen LogP contribution in [0.5, 0.6) is 0 Å². The Kier molecular flexibility index (Phi) is 12.8. The van der Waals surface area contributed by atoms with Gasteiger partial charge in [-0.25, -0.2) is 0 Å². The summed E-state index contributed by atoms with van der Waals surface area (Å²) in [6, 6.07) is 18.2. The molecule has 0 aliphatic rings. The second kappa shape index (κ2) is 15.9. The molecule has 0 saturated heterocycles. The molecule has 0 aliphatic heterocycles. The fraction of sp³-hybridized carbons (Fsp3) is 0.100. The Balaban J connectivity index is 0.000000186. The summed E-state index contributed by atoms with van der Waals surface area (Å²) in [4.78, 5) is 13.9. The number of halogens is 9. The van der Waals surface area contributed by atoms with E-state index in [-0.39, 0.29) is 20.1 Å². The van der Waals surface area contributed by atoms with Crippen LogP contribution in [-0.4, -0.2) is 15.0 Å². The van der Waals surface area contributed by atoms with E-state index in [2.05, 4.69) is 15.0 Å². The van der Waals surface area contributed by atoms with Crippen LogP contribution in [0.4, 0.5) is 39.5 Å². The molecule has 6 rings (SSSR count). The number of pyridine rings is 3. The van der Waals surface area contributed by atoms with Gasteiger partial charge in [-0.1, -0.05) is 18.2 Å². The molecule has 46 heavy (non-hydrogen) atoms. The molecule has 1 radical (unpaired) electrons. The standard InChI is InChI=1S/3C10H6F3NS.Ir/c3*11-10(12,13)7-3-4-8(14-6-7)9-2-1-5-15-9;/h3*1-6H;. The summed E-state index contributed by atoms with van der Waals surface area (Å²) in [5.41, 5.74) is -0.456. The van der Waals surface area contributed by atoms with E-state index in [0.717, 1.165) is 51.4 Å². The summed E-state index contributed by atoms with van der Waals surface area (Å²) in [5.74, 6) is 0. The van der Waals surface area contributed by atoms with Crippen LogP contribution in [0.2, 0.25) is 0 Å². The topological polar surface area (TPSA) is 38.7 Å². The number of aromatic nitrogens is 3. The molecule has 0 saturated carbocycles. The van der Waals surface area contributed by atoms with Crippen LogP contribution in [0, 0.1) is 0 Å². The summed E-state index contributed by atoms with van der Waals surface area (Å²) in [7, 11) is 0. The SMILES string of the molecule is FC(F)(F)c1ccc(-c2cccs2)nc1.FC(F)(F)c1ccc(-c2cccs2)nc1.FC(F)(F)c1ccc(-c2cccs2)nc1.[Ir]. The summed E-state index contributed by atoms with van der Waals surface area (Å²) in [5, 5.41) is 5.57. The van der Waals surface area contributed by atoms with Crippen molar-refractivity contribution in [1.29, 1.82) is 0 Å². The number of thiophene rings is 3. The number of nitrogens with zero attached hydrogens (tertiary/aromatic N) is 3. The van der Waals surface area contributed by atoms with Crippen LogP contribution < -0.4 is 0 Å². The summed E-state index contributed by atoms with van der Waals surface area (Å²) in [6.45, 7) is 0. The first kappa shape index (κ1) is 37.0. The third-order valence-electron chi connectivity index (χ3n) is 5.59. The van der Waals surface area contributed by atoms with Crippen LogP contribution >= 0.6 is 34.0 Å². The van der Waals surface area contributed by atoms with Crippen molar-refractivity contribution in [2.24, 2.45) is 0 Å². The van der Waals surface area contributed by atoms with Crippen molar-refractivity contribution < 1.29 is 59.6 Å². The second-order valence-corrected chi connectivity index (χ2v) is 11.6. The van der Waals surface area contributed by atoms with Gasteiger partial charge >= 0.3 is 18.5 Å². The number of alkyl halides is 9. The van der Waals surface area contributed by atoms with Crippen LogP contribution in [0.25, 0.3) is 31.7 Å². The van der Waals surface area contributed by atoms with Crippen molar-refractivity contribution in [2.75, 3.05) is 0 Å². The monoisotopic (exact) mass is 880 g/mol. The molecule has 6 aromatic heterocycles. The van der Waals surface area contributed by atoms with Crippen LogP contribution in [0.15, 0.2) is 108 Å². The Bertz CT molecular complexity index is 1510. The van der Waals surface area contributed by atoms with E-state index in [1.807, 2.05) is 52.5 Å². The van der Waals surface area contributed by atoms with Crippen molar-refractivity contribution in [3.63, 3.8) is 0 Å². The molecule has 16 heteroatoms. The van der Waals surface area contributed by atoms with Gasteiger partial charge in [0.1, 0.15) is 0 Å². The van der Waals surface area contributed by atoms with E-state index in [4.69, 9.17) is 0 Å². The smallest absolute Gasteiger partial charge is 0.255 e. The third kappa shape index (κ3) is 10.6. The Morgan fingerprint density at radius 2 is 0.652 bits per heavy atom. The van der Waals surface area contributed by atoms with Crippen molar-refractivity contribution in [2.45, 2.75) is 18.5 Å². The molecule has 0 atom stereocenters. The summed E-state index contributed by atoms with van der Waals surface area (Å²) < 4.78 is 110. The number of hydrogen-bond acceptors (Lipinski definition) is 6. The molecule has 6 aromatic rings. The molecule has 3 nitrogen and oxygen atoms in total. The van der Waals surface area contributed by atoms with Crippen LogP contribution in [-0.2, 0) is 38.6 Å². The molecule has 0 unspecified atom stereocenters. The first-order valence-electron chi connectivity index (χ1n) is 12.4. The minimum absolute atomic E-state index is 0. The van der Waals surface area contributed by atoms with Gasteiger partial charge in [-0.2, -0.15) is 39.5 Å². The molecule has 0 spiro atoms. The van der Waals surface area contributed by atoms with Gasteiger partial charge in [0.15, 0.2) is 0 Å². The largest absolute Gasteiger partial charge is 0.417 e. The zero-order chi connectivity index (χ0) is 32.7. The van der Waals surface area contributed by atoms with E-state index < -0.39 is 35.2 Å². The molecular weight excluding hydrogens is 862 g/mol. The second-order valence-electron chi connectivity index (χ2n) is 8.72. The predicted molar refractivity (Wildman–Crippen MR) is 158 cm³/mol. The molecule has 0 amide bonds. The Labute approximate surface area is 281 Å². The zero-order valence-electron chi connectivity index (χ0n) is 22.7. The third-order valence-corrected chi connectivity index (χ3v) is 8.27. The minimum atomic E-state index is -4.32.